The van der Waals surface area contributed by atoms with Crippen LogP contribution in [0.2, 0.25) is 0 Å². The predicted molar refractivity (Wildman–Crippen MR) is 76.2 cm³/mol. The van der Waals surface area contributed by atoms with Crippen LogP contribution in [0.15, 0.2) is 0 Å². The van der Waals surface area contributed by atoms with E-state index in [1.807, 2.05) is 4.90 Å². The Bertz CT molecular complexity index is 333. The Morgan fingerprint density at radius 2 is 1.53 bits per heavy atom. The van der Waals surface area contributed by atoms with Crippen LogP contribution in [-0.2, 0) is 0 Å². The summed E-state index contributed by atoms with van der Waals surface area (Å²) in [5.74, 6) is 0. The van der Waals surface area contributed by atoms with Crippen molar-refractivity contribution in [1.29, 1.82) is 0 Å². The van der Waals surface area contributed by atoms with Gasteiger partial charge in [-0.3, -0.25) is 0 Å². The lowest BCUT2D eigenvalue weighted by molar-refractivity contribution is -0.0339. The zero-order valence-electron chi connectivity index (χ0n) is 12.4. The van der Waals surface area contributed by atoms with E-state index in [0.29, 0.717) is 17.5 Å². The molecule has 0 bridgehead atoms. The van der Waals surface area contributed by atoms with Crippen molar-refractivity contribution in [3.05, 3.63) is 0 Å². The minimum absolute atomic E-state index is 0.300. The minimum atomic E-state index is 0.300. The highest BCUT2D eigenvalue weighted by molar-refractivity contribution is 5.75. The average Bonchev–Trinajstić information content (AvgIpc) is 2.89. The lowest BCUT2D eigenvalue weighted by Gasteiger charge is -2.55. The van der Waals surface area contributed by atoms with Gasteiger partial charge in [0, 0.05) is 37.6 Å². The van der Waals surface area contributed by atoms with Crippen LogP contribution in [0.3, 0.4) is 0 Å². The molecule has 3 heterocycles. The molecule has 0 aliphatic carbocycles. The molecule has 4 heteroatoms. The second kappa shape index (κ2) is 4.97. The van der Waals surface area contributed by atoms with E-state index in [1.54, 1.807) is 0 Å². The molecule has 0 aromatic rings. The van der Waals surface area contributed by atoms with E-state index in [1.165, 1.54) is 38.8 Å². The van der Waals surface area contributed by atoms with Gasteiger partial charge in [-0.1, -0.05) is 0 Å². The van der Waals surface area contributed by atoms with E-state index in [4.69, 9.17) is 0 Å². The van der Waals surface area contributed by atoms with Gasteiger partial charge in [-0.25, -0.2) is 4.79 Å². The molecule has 0 N–H and O–H groups in total. The molecule has 0 unspecified atom stereocenters. The second-order valence-electron chi connectivity index (χ2n) is 6.96. The van der Waals surface area contributed by atoms with Gasteiger partial charge >= 0.3 is 6.03 Å². The van der Waals surface area contributed by atoms with Gasteiger partial charge in [-0.05, 0) is 52.6 Å². The molecule has 2 amide bonds. The number of carbonyl (C=O) groups excluding carboxylic acids is 1. The van der Waals surface area contributed by atoms with Gasteiger partial charge in [0.05, 0.1) is 0 Å². The molecule has 19 heavy (non-hydrogen) atoms. The number of carbonyl (C=O) groups is 1. The molecule has 0 aromatic heterocycles. The number of likely N-dealkylation sites (tertiary alicyclic amines) is 3. The summed E-state index contributed by atoms with van der Waals surface area (Å²) in [5, 5.41) is 0. The number of piperidine rings is 1. The normalized spacial score (nSPS) is 27.1. The molecular weight excluding hydrogens is 238 g/mol. The van der Waals surface area contributed by atoms with Gasteiger partial charge < -0.3 is 14.7 Å². The zero-order chi connectivity index (χ0) is 13.5. The molecule has 3 rings (SSSR count). The molecule has 0 saturated carbocycles. The maximum absolute atomic E-state index is 12.3. The summed E-state index contributed by atoms with van der Waals surface area (Å²) < 4.78 is 0. The number of amides is 2. The smallest absolute Gasteiger partial charge is 0.320 e. The molecule has 4 nitrogen and oxygen atoms in total. The summed E-state index contributed by atoms with van der Waals surface area (Å²) in [6.07, 6.45) is 4.92. The quantitative estimate of drug-likeness (QED) is 0.725. The molecule has 3 saturated heterocycles. The van der Waals surface area contributed by atoms with Crippen molar-refractivity contribution < 1.29 is 4.79 Å². The van der Waals surface area contributed by atoms with Crippen LogP contribution < -0.4 is 0 Å². The summed E-state index contributed by atoms with van der Waals surface area (Å²) in [7, 11) is 0. The Morgan fingerprint density at radius 3 is 2.05 bits per heavy atom. The van der Waals surface area contributed by atoms with E-state index in [2.05, 4.69) is 23.6 Å². The average molecular weight is 265 g/mol. The largest absolute Gasteiger partial charge is 0.325 e. The summed E-state index contributed by atoms with van der Waals surface area (Å²) in [5.41, 5.74) is 0.459. The first kappa shape index (κ1) is 13.2. The van der Waals surface area contributed by atoms with Crippen molar-refractivity contribution in [3.63, 3.8) is 0 Å². The fraction of sp³-hybridized carbons (Fsp3) is 0.933. The fourth-order valence-electron chi connectivity index (χ4n) is 3.84. The van der Waals surface area contributed by atoms with Gasteiger partial charge in [0.15, 0.2) is 0 Å². The number of nitrogens with zero attached hydrogens (tertiary/aromatic N) is 3. The first-order chi connectivity index (χ1) is 9.10. The molecule has 3 aliphatic heterocycles. The Morgan fingerprint density at radius 1 is 0.947 bits per heavy atom. The van der Waals surface area contributed by atoms with Crippen LogP contribution in [0.25, 0.3) is 0 Å². The van der Waals surface area contributed by atoms with Crippen LogP contribution in [-0.4, -0.2) is 66.0 Å². The first-order valence-corrected chi connectivity index (χ1v) is 7.88. The predicted octanol–water partition coefficient (Wildman–Crippen LogP) is 2.01. The van der Waals surface area contributed by atoms with Crippen molar-refractivity contribution in [2.45, 2.75) is 45.6 Å². The third-order valence-corrected chi connectivity index (χ3v) is 5.29. The molecular formula is C15H27N3O. The van der Waals surface area contributed by atoms with Crippen LogP contribution in [0, 0.1) is 5.41 Å². The SMILES string of the molecule is CC(C)N1CCC2(CC1)CN(C(=O)N1CCCC1)C2. The highest BCUT2D eigenvalue weighted by atomic mass is 16.2. The third-order valence-electron chi connectivity index (χ3n) is 5.29. The Balaban J connectivity index is 1.48. The number of hydrogen-bond donors (Lipinski definition) is 0. The van der Waals surface area contributed by atoms with Gasteiger partial charge in [-0.15, -0.1) is 0 Å². The summed E-state index contributed by atoms with van der Waals surface area (Å²) in [6.45, 7) is 11.0. The number of urea groups is 1. The molecule has 1 spiro atoms. The van der Waals surface area contributed by atoms with Crippen LogP contribution in [0.5, 0.6) is 0 Å². The number of hydrogen-bond acceptors (Lipinski definition) is 2. The highest BCUT2D eigenvalue weighted by Crippen LogP contribution is 2.41. The molecule has 0 radical (unpaired) electrons. The molecule has 108 valence electrons. The van der Waals surface area contributed by atoms with Gasteiger partial charge in [0.1, 0.15) is 0 Å². The lowest BCUT2D eigenvalue weighted by atomic mass is 9.72. The summed E-state index contributed by atoms with van der Waals surface area (Å²) in [4.78, 5) is 19.0. The summed E-state index contributed by atoms with van der Waals surface area (Å²) in [6, 6.07) is 0.967. The standard InChI is InChI=1S/C15H27N3O/c1-13(2)16-9-5-15(6-10-16)11-18(12-15)14(19)17-7-3-4-8-17/h13H,3-12H2,1-2H3. The minimum Gasteiger partial charge on any atom is -0.325 e. The Hall–Kier alpha value is -0.770. The van der Waals surface area contributed by atoms with Gasteiger partial charge in [-0.2, -0.15) is 0 Å². The van der Waals surface area contributed by atoms with Crippen LogP contribution >= 0.6 is 0 Å². The van der Waals surface area contributed by atoms with Gasteiger partial charge in [0.2, 0.25) is 0 Å². The van der Waals surface area contributed by atoms with Crippen LogP contribution in [0.1, 0.15) is 39.5 Å². The van der Waals surface area contributed by atoms with Crippen molar-refractivity contribution in [2.75, 3.05) is 39.3 Å². The maximum Gasteiger partial charge on any atom is 0.320 e. The highest BCUT2D eigenvalue weighted by Gasteiger charge is 2.47. The maximum atomic E-state index is 12.3. The first-order valence-electron chi connectivity index (χ1n) is 7.88. The Kier molecular flexibility index (Phi) is 3.46. The molecule has 0 aromatic carbocycles. The Labute approximate surface area is 116 Å². The molecule has 0 atom stereocenters. The second-order valence-corrected chi connectivity index (χ2v) is 6.96. The molecule has 3 aliphatic rings. The van der Waals surface area contributed by atoms with E-state index in [0.717, 1.165) is 26.2 Å². The zero-order valence-corrected chi connectivity index (χ0v) is 12.4. The summed E-state index contributed by atoms with van der Waals surface area (Å²) >= 11 is 0. The monoisotopic (exact) mass is 265 g/mol. The van der Waals surface area contributed by atoms with Gasteiger partial charge in [0.25, 0.3) is 0 Å². The lowest BCUT2D eigenvalue weighted by Crippen LogP contribution is -2.64. The van der Waals surface area contributed by atoms with E-state index in [9.17, 15) is 4.79 Å². The topological polar surface area (TPSA) is 26.8 Å². The van der Waals surface area contributed by atoms with Crippen LogP contribution in [0.4, 0.5) is 4.79 Å². The third kappa shape index (κ3) is 2.47. The number of rotatable bonds is 1. The van der Waals surface area contributed by atoms with E-state index >= 15 is 0 Å². The fourth-order valence-corrected chi connectivity index (χ4v) is 3.84. The molecule has 3 fully saturated rings. The van der Waals surface area contributed by atoms with E-state index in [-0.39, 0.29) is 0 Å². The van der Waals surface area contributed by atoms with Crippen molar-refractivity contribution in [3.8, 4) is 0 Å². The van der Waals surface area contributed by atoms with Crippen molar-refractivity contribution in [2.24, 2.45) is 5.41 Å². The van der Waals surface area contributed by atoms with Crippen molar-refractivity contribution in [1.82, 2.24) is 14.7 Å². The van der Waals surface area contributed by atoms with Crippen molar-refractivity contribution >= 4 is 6.03 Å². The van der Waals surface area contributed by atoms with E-state index < -0.39 is 0 Å².